The zero-order valence-corrected chi connectivity index (χ0v) is 35.9. The van der Waals surface area contributed by atoms with E-state index in [0.29, 0.717) is 6.42 Å². The molecule has 0 spiro atoms. The molecule has 0 amide bonds. The smallest absolute Gasteiger partial charge is 0.306 e. The predicted molar refractivity (Wildman–Crippen MR) is 224 cm³/mol. The molecule has 0 aromatic heterocycles. The van der Waals surface area contributed by atoms with Gasteiger partial charge in [0.25, 0.3) is 0 Å². The van der Waals surface area contributed by atoms with Crippen LogP contribution < -0.4 is 0 Å². The number of hydrogen-bond donors (Lipinski definition) is 4. The SMILES string of the molecule is CCCCCCC/C=C/CCCCCCCC(=O)O[C@@H](COC(=O)CCCCCCCCCCCCCCCCCCC)CO[C@H]1O[C@@H](CO)[C@@H](O)C(O)C1O. The molecule has 0 aliphatic carbocycles. The molecule has 1 saturated heterocycles. The van der Waals surface area contributed by atoms with Crippen molar-refractivity contribution in [3.05, 3.63) is 12.2 Å². The number of hydrogen-bond acceptors (Lipinski definition) is 10. The van der Waals surface area contributed by atoms with Crippen LogP contribution in [0, 0.1) is 0 Å². The maximum absolute atomic E-state index is 12.8. The van der Waals surface area contributed by atoms with E-state index in [1.54, 1.807) is 0 Å². The summed E-state index contributed by atoms with van der Waals surface area (Å²) < 4.78 is 22.2. The van der Waals surface area contributed by atoms with Crippen molar-refractivity contribution in [2.24, 2.45) is 0 Å². The number of carbonyl (C=O) groups excluding carboxylic acids is 2. The fourth-order valence-corrected chi connectivity index (χ4v) is 7.18. The molecule has 0 radical (unpaired) electrons. The minimum Gasteiger partial charge on any atom is -0.462 e. The summed E-state index contributed by atoms with van der Waals surface area (Å²) in [6, 6.07) is 0. The fraction of sp³-hybridized carbons (Fsp3) is 0.913. The molecule has 1 aliphatic rings. The third kappa shape index (κ3) is 28.8. The lowest BCUT2D eigenvalue weighted by molar-refractivity contribution is -0.305. The number of carbonyl (C=O) groups is 2. The summed E-state index contributed by atoms with van der Waals surface area (Å²) in [5.74, 6) is -0.805. The van der Waals surface area contributed by atoms with E-state index in [1.807, 2.05) is 0 Å². The normalized spacial score (nSPS) is 20.4. The van der Waals surface area contributed by atoms with Gasteiger partial charge in [-0.1, -0.05) is 174 Å². The molecule has 1 aliphatic heterocycles. The first-order valence-corrected chi connectivity index (χ1v) is 23.3. The van der Waals surface area contributed by atoms with Gasteiger partial charge in [-0.25, -0.2) is 0 Å². The van der Waals surface area contributed by atoms with Gasteiger partial charge in [-0.05, 0) is 38.5 Å². The number of unbranched alkanes of at least 4 members (excludes halogenated alkanes) is 26. The minimum absolute atomic E-state index is 0.215. The Hall–Kier alpha value is -1.56. The topological polar surface area (TPSA) is 152 Å². The van der Waals surface area contributed by atoms with Crippen LogP contribution in [0.4, 0.5) is 0 Å². The molecule has 1 fully saturated rings. The van der Waals surface area contributed by atoms with Crippen LogP contribution in [0.3, 0.4) is 0 Å². The molecule has 0 aromatic carbocycles. The summed E-state index contributed by atoms with van der Waals surface area (Å²) in [5.41, 5.74) is 0. The van der Waals surface area contributed by atoms with Gasteiger partial charge in [0.2, 0.25) is 0 Å². The monoisotopic (exact) mass is 799 g/mol. The molecular formula is C46H86O10. The highest BCUT2D eigenvalue weighted by molar-refractivity contribution is 5.70. The molecule has 330 valence electrons. The number of aliphatic hydroxyl groups is 4. The number of ether oxygens (including phenoxy) is 4. The van der Waals surface area contributed by atoms with Gasteiger partial charge in [-0.3, -0.25) is 9.59 Å². The van der Waals surface area contributed by atoms with E-state index < -0.39 is 49.4 Å². The first-order chi connectivity index (χ1) is 27.3. The molecule has 6 atom stereocenters. The van der Waals surface area contributed by atoms with Crippen molar-refractivity contribution >= 4 is 11.9 Å². The average Bonchev–Trinajstić information content (AvgIpc) is 3.19. The third-order valence-corrected chi connectivity index (χ3v) is 10.9. The lowest BCUT2D eigenvalue weighted by Gasteiger charge is -2.39. The van der Waals surface area contributed by atoms with E-state index in [9.17, 15) is 30.0 Å². The van der Waals surface area contributed by atoms with Gasteiger partial charge >= 0.3 is 11.9 Å². The average molecular weight is 799 g/mol. The van der Waals surface area contributed by atoms with Crippen molar-refractivity contribution in [1.82, 2.24) is 0 Å². The van der Waals surface area contributed by atoms with Crippen LogP contribution in [0.2, 0.25) is 0 Å². The second-order valence-electron chi connectivity index (χ2n) is 16.2. The van der Waals surface area contributed by atoms with Crippen LogP contribution in [0.25, 0.3) is 0 Å². The lowest BCUT2D eigenvalue weighted by Crippen LogP contribution is -2.59. The molecule has 1 heterocycles. The lowest BCUT2D eigenvalue weighted by atomic mass is 9.99. The highest BCUT2D eigenvalue weighted by atomic mass is 16.7. The Bertz CT molecular complexity index is 928. The minimum atomic E-state index is -1.59. The van der Waals surface area contributed by atoms with Crippen molar-refractivity contribution in [3.8, 4) is 0 Å². The van der Waals surface area contributed by atoms with Crippen LogP contribution in [0.15, 0.2) is 12.2 Å². The van der Waals surface area contributed by atoms with Gasteiger partial charge in [0.15, 0.2) is 12.4 Å². The number of allylic oxidation sites excluding steroid dienone is 2. The molecule has 0 aromatic rings. The summed E-state index contributed by atoms with van der Waals surface area (Å²) in [7, 11) is 0. The Morgan fingerprint density at radius 1 is 0.536 bits per heavy atom. The van der Waals surface area contributed by atoms with Gasteiger partial charge < -0.3 is 39.4 Å². The summed E-state index contributed by atoms with van der Waals surface area (Å²) in [5, 5.41) is 40.1. The first kappa shape index (κ1) is 52.5. The van der Waals surface area contributed by atoms with E-state index in [4.69, 9.17) is 18.9 Å². The molecular weight excluding hydrogens is 712 g/mol. The Morgan fingerprint density at radius 3 is 1.39 bits per heavy atom. The predicted octanol–water partition coefficient (Wildman–Crippen LogP) is 9.95. The van der Waals surface area contributed by atoms with E-state index in [0.717, 1.165) is 51.4 Å². The van der Waals surface area contributed by atoms with E-state index in [2.05, 4.69) is 26.0 Å². The highest BCUT2D eigenvalue weighted by Crippen LogP contribution is 2.23. The number of esters is 2. The van der Waals surface area contributed by atoms with Crippen LogP contribution in [-0.2, 0) is 28.5 Å². The second kappa shape index (κ2) is 37.7. The molecule has 1 rings (SSSR count). The van der Waals surface area contributed by atoms with Crippen LogP contribution in [0.5, 0.6) is 0 Å². The maximum Gasteiger partial charge on any atom is 0.306 e. The second-order valence-corrected chi connectivity index (χ2v) is 16.2. The Labute approximate surface area is 341 Å². The van der Waals surface area contributed by atoms with Crippen molar-refractivity contribution < 1.29 is 49.0 Å². The first-order valence-electron chi connectivity index (χ1n) is 23.3. The summed E-state index contributed by atoms with van der Waals surface area (Å²) in [4.78, 5) is 25.3. The maximum atomic E-state index is 12.8. The summed E-state index contributed by atoms with van der Waals surface area (Å²) in [6.07, 6.45) is 32.1. The van der Waals surface area contributed by atoms with Gasteiger partial charge in [0.1, 0.15) is 31.0 Å². The largest absolute Gasteiger partial charge is 0.462 e. The zero-order valence-electron chi connectivity index (χ0n) is 35.9. The summed E-state index contributed by atoms with van der Waals surface area (Å²) >= 11 is 0. The Morgan fingerprint density at radius 2 is 0.946 bits per heavy atom. The number of rotatable bonds is 39. The molecule has 2 unspecified atom stereocenters. The fourth-order valence-electron chi connectivity index (χ4n) is 7.18. The summed E-state index contributed by atoms with van der Waals surface area (Å²) in [6.45, 7) is 3.43. The van der Waals surface area contributed by atoms with Crippen LogP contribution in [0.1, 0.15) is 213 Å². The number of aliphatic hydroxyl groups excluding tert-OH is 4. The van der Waals surface area contributed by atoms with Gasteiger partial charge in [-0.15, -0.1) is 0 Å². The Balaban J connectivity index is 2.30. The van der Waals surface area contributed by atoms with Crippen LogP contribution in [-0.4, -0.2) is 89.0 Å². The van der Waals surface area contributed by atoms with E-state index in [-0.39, 0.29) is 32.0 Å². The molecule has 56 heavy (non-hydrogen) atoms. The highest BCUT2D eigenvalue weighted by Gasteiger charge is 2.44. The quantitative estimate of drug-likeness (QED) is 0.0269. The van der Waals surface area contributed by atoms with E-state index in [1.165, 1.54) is 128 Å². The van der Waals surface area contributed by atoms with Gasteiger partial charge in [0, 0.05) is 12.8 Å². The molecule has 0 saturated carbocycles. The van der Waals surface area contributed by atoms with Crippen molar-refractivity contribution in [2.45, 2.75) is 250 Å². The molecule has 10 heteroatoms. The molecule has 0 bridgehead atoms. The van der Waals surface area contributed by atoms with Gasteiger partial charge in [0.05, 0.1) is 13.2 Å². The van der Waals surface area contributed by atoms with Crippen LogP contribution >= 0.6 is 0 Å². The van der Waals surface area contributed by atoms with Crippen molar-refractivity contribution in [2.75, 3.05) is 19.8 Å². The molecule has 10 nitrogen and oxygen atoms in total. The van der Waals surface area contributed by atoms with E-state index >= 15 is 0 Å². The van der Waals surface area contributed by atoms with Crippen molar-refractivity contribution in [3.63, 3.8) is 0 Å². The Kier molecular flexibility index (Phi) is 35.3. The van der Waals surface area contributed by atoms with Crippen molar-refractivity contribution in [1.29, 1.82) is 0 Å². The molecule has 4 N–H and O–H groups in total. The zero-order chi connectivity index (χ0) is 40.9. The standard InChI is InChI=1S/C46H86O10/c1-3-5-7-9-11-13-15-17-19-20-21-23-24-26-28-30-32-34-41(48)53-37-39(38-54-46-45(52)44(51)43(50)40(36-47)56-46)55-42(49)35-33-31-29-27-25-22-18-16-14-12-10-8-6-4-2/h16,18,39-40,43-47,50-52H,3-15,17,19-38H2,1-2H3/b18-16+/t39-,40-,43+,44?,45?,46-/m0/s1. The van der Waals surface area contributed by atoms with Gasteiger partial charge in [-0.2, -0.15) is 0 Å². The third-order valence-electron chi connectivity index (χ3n) is 10.9.